The number of carbonyl (C=O) groups excluding carboxylic acids is 1. The number of hydrogen-bond donors (Lipinski definition) is 2. The van der Waals surface area contributed by atoms with Crippen LogP contribution in [0.25, 0.3) is 0 Å². The smallest absolute Gasteiger partial charge is 0.239 e. The van der Waals surface area contributed by atoms with E-state index in [-0.39, 0.29) is 11.9 Å². The van der Waals surface area contributed by atoms with Gasteiger partial charge in [-0.3, -0.25) is 4.79 Å². The SMILES string of the molecule is O=C(C1CCCN1)N1CCN(c2nc3c(c(NCc4ccc(Cl)cc4Cl)n2)SCCC3)CC1. The molecule has 2 N–H and O–H groups in total. The number of thioether (sulfide) groups is 1. The number of piperazine rings is 1. The fraction of sp³-hybridized carbons (Fsp3) is 0.522. The standard InChI is InChI=1S/C23H28Cl2N6OS/c24-16-6-5-15(17(25)13-16)14-27-21-20-18(4-2-12-33-20)28-23(29-21)31-10-8-30(9-11-31)22(32)19-3-1-7-26-19/h5-6,13,19,26H,1-4,7-12,14H2,(H,27,28,29). The predicted octanol–water partition coefficient (Wildman–Crippen LogP) is 3.83. The average molecular weight is 507 g/mol. The summed E-state index contributed by atoms with van der Waals surface area (Å²) < 4.78 is 0. The Bertz CT molecular complexity index is 1020. The Hall–Kier alpha value is -1.74. The van der Waals surface area contributed by atoms with Crippen LogP contribution in [-0.2, 0) is 17.8 Å². The van der Waals surface area contributed by atoms with Crippen molar-refractivity contribution in [2.75, 3.05) is 48.7 Å². The van der Waals surface area contributed by atoms with Crippen LogP contribution in [0.15, 0.2) is 23.1 Å². The van der Waals surface area contributed by atoms with Gasteiger partial charge in [-0.25, -0.2) is 4.98 Å². The van der Waals surface area contributed by atoms with Crippen molar-refractivity contribution in [3.05, 3.63) is 39.5 Å². The Morgan fingerprint density at radius 1 is 1.18 bits per heavy atom. The molecule has 176 valence electrons. The van der Waals surface area contributed by atoms with Crippen LogP contribution in [0.3, 0.4) is 0 Å². The fourth-order valence-electron chi connectivity index (χ4n) is 4.57. The van der Waals surface area contributed by atoms with E-state index in [1.807, 2.05) is 28.8 Å². The monoisotopic (exact) mass is 506 g/mol. The van der Waals surface area contributed by atoms with E-state index < -0.39 is 0 Å². The molecule has 2 fully saturated rings. The summed E-state index contributed by atoms with van der Waals surface area (Å²) in [7, 11) is 0. The predicted molar refractivity (Wildman–Crippen MR) is 135 cm³/mol. The number of hydrogen-bond acceptors (Lipinski definition) is 7. The van der Waals surface area contributed by atoms with E-state index in [4.69, 9.17) is 33.2 Å². The first kappa shape index (κ1) is 23.0. The van der Waals surface area contributed by atoms with Gasteiger partial charge in [-0.2, -0.15) is 4.98 Å². The summed E-state index contributed by atoms with van der Waals surface area (Å²) in [4.78, 5) is 27.9. The van der Waals surface area contributed by atoms with E-state index in [0.29, 0.717) is 29.7 Å². The Morgan fingerprint density at radius 2 is 2.03 bits per heavy atom. The first-order valence-electron chi connectivity index (χ1n) is 11.6. The molecule has 10 heteroatoms. The molecule has 7 nitrogen and oxygen atoms in total. The van der Waals surface area contributed by atoms with Gasteiger partial charge in [0.25, 0.3) is 0 Å². The molecule has 1 unspecified atom stereocenters. The topological polar surface area (TPSA) is 73.4 Å². The minimum Gasteiger partial charge on any atom is -0.365 e. The van der Waals surface area contributed by atoms with Gasteiger partial charge in [0.2, 0.25) is 11.9 Å². The molecule has 2 aromatic rings. The number of aryl methyl sites for hydroxylation is 1. The maximum absolute atomic E-state index is 12.7. The van der Waals surface area contributed by atoms with Crippen molar-refractivity contribution in [3.8, 4) is 0 Å². The number of anilines is 2. The molecule has 0 bridgehead atoms. The molecule has 3 aliphatic heterocycles. The van der Waals surface area contributed by atoms with Gasteiger partial charge in [0.1, 0.15) is 5.82 Å². The number of amides is 1. The normalized spacial score (nSPS) is 20.6. The summed E-state index contributed by atoms with van der Waals surface area (Å²) in [6.07, 6.45) is 4.10. The molecule has 4 heterocycles. The van der Waals surface area contributed by atoms with Gasteiger partial charge >= 0.3 is 0 Å². The first-order chi connectivity index (χ1) is 16.1. The highest BCUT2D eigenvalue weighted by atomic mass is 35.5. The third-order valence-corrected chi connectivity index (χ3v) is 8.22. The lowest BCUT2D eigenvalue weighted by molar-refractivity contribution is -0.133. The number of nitrogens with zero attached hydrogens (tertiary/aromatic N) is 4. The third kappa shape index (κ3) is 5.19. The van der Waals surface area contributed by atoms with Gasteiger partial charge in [-0.05, 0) is 55.7 Å². The molecule has 2 saturated heterocycles. The molecular weight excluding hydrogens is 479 g/mol. The van der Waals surface area contributed by atoms with Crippen LogP contribution in [-0.4, -0.2) is 65.3 Å². The van der Waals surface area contributed by atoms with Crippen molar-refractivity contribution in [2.24, 2.45) is 0 Å². The summed E-state index contributed by atoms with van der Waals surface area (Å²) in [5, 5.41) is 8.08. The molecule has 1 aromatic carbocycles. The van der Waals surface area contributed by atoms with Crippen LogP contribution < -0.4 is 15.5 Å². The zero-order valence-corrected chi connectivity index (χ0v) is 20.8. The third-order valence-electron chi connectivity index (χ3n) is 6.42. The maximum atomic E-state index is 12.7. The fourth-order valence-corrected chi connectivity index (χ4v) is 6.10. The van der Waals surface area contributed by atoms with Gasteiger partial charge in [-0.1, -0.05) is 29.3 Å². The zero-order valence-electron chi connectivity index (χ0n) is 18.4. The number of fused-ring (bicyclic) bond motifs is 1. The van der Waals surface area contributed by atoms with Crippen molar-refractivity contribution in [1.82, 2.24) is 20.2 Å². The second-order valence-electron chi connectivity index (χ2n) is 8.65. The minimum atomic E-state index is -0.0101. The van der Waals surface area contributed by atoms with E-state index in [0.717, 1.165) is 79.0 Å². The van der Waals surface area contributed by atoms with Crippen molar-refractivity contribution < 1.29 is 4.79 Å². The average Bonchev–Trinajstić information content (AvgIpc) is 3.38. The van der Waals surface area contributed by atoms with Gasteiger partial charge < -0.3 is 20.4 Å². The number of nitrogens with one attached hydrogen (secondary N) is 2. The van der Waals surface area contributed by atoms with Crippen molar-refractivity contribution in [1.29, 1.82) is 0 Å². The quantitative estimate of drug-likeness (QED) is 0.637. The van der Waals surface area contributed by atoms with Crippen molar-refractivity contribution >= 4 is 52.6 Å². The van der Waals surface area contributed by atoms with E-state index in [1.54, 1.807) is 6.07 Å². The van der Waals surface area contributed by atoms with E-state index in [9.17, 15) is 4.79 Å². The van der Waals surface area contributed by atoms with Crippen LogP contribution in [0.5, 0.6) is 0 Å². The largest absolute Gasteiger partial charge is 0.365 e. The Balaban J connectivity index is 1.30. The molecule has 33 heavy (non-hydrogen) atoms. The first-order valence-corrected chi connectivity index (χ1v) is 13.3. The molecule has 0 aliphatic carbocycles. The van der Waals surface area contributed by atoms with Crippen LogP contribution in [0.2, 0.25) is 10.0 Å². The van der Waals surface area contributed by atoms with Gasteiger partial charge in [0.15, 0.2) is 0 Å². The van der Waals surface area contributed by atoms with Crippen LogP contribution in [0.4, 0.5) is 11.8 Å². The summed E-state index contributed by atoms with van der Waals surface area (Å²) >= 11 is 14.2. The van der Waals surface area contributed by atoms with E-state index in [2.05, 4.69) is 15.5 Å². The molecular formula is C23H28Cl2N6OS. The molecule has 0 saturated carbocycles. The highest BCUT2D eigenvalue weighted by molar-refractivity contribution is 7.99. The van der Waals surface area contributed by atoms with E-state index >= 15 is 0 Å². The Morgan fingerprint density at radius 3 is 2.79 bits per heavy atom. The second-order valence-corrected chi connectivity index (χ2v) is 10.6. The maximum Gasteiger partial charge on any atom is 0.239 e. The lowest BCUT2D eigenvalue weighted by Crippen LogP contribution is -2.53. The minimum absolute atomic E-state index is 0.0101. The molecule has 0 radical (unpaired) electrons. The summed E-state index contributed by atoms with van der Waals surface area (Å²) in [5.74, 6) is 2.91. The Labute approximate surface area is 208 Å². The highest BCUT2D eigenvalue weighted by Crippen LogP contribution is 2.36. The molecule has 3 aliphatic rings. The molecule has 1 aromatic heterocycles. The molecule has 0 spiro atoms. The number of rotatable bonds is 5. The second kappa shape index (κ2) is 10.3. The number of halogens is 2. The zero-order chi connectivity index (χ0) is 22.8. The van der Waals surface area contributed by atoms with Gasteiger partial charge in [0.05, 0.1) is 16.6 Å². The Kier molecular flexibility index (Phi) is 7.16. The lowest BCUT2D eigenvalue weighted by Gasteiger charge is -2.36. The summed E-state index contributed by atoms with van der Waals surface area (Å²) in [5.41, 5.74) is 2.08. The van der Waals surface area contributed by atoms with Crippen molar-refractivity contribution in [2.45, 2.75) is 43.2 Å². The van der Waals surface area contributed by atoms with Crippen molar-refractivity contribution in [3.63, 3.8) is 0 Å². The number of carbonyl (C=O) groups is 1. The van der Waals surface area contributed by atoms with E-state index in [1.165, 1.54) is 0 Å². The number of aromatic nitrogens is 2. The summed E-state index contributed by atoms with van der Waals surface area (Å²) in [6, 6.07) is 5.54. The highest BCUT2D eigenvalue weighted by Gasteiger charge is 2.30. The van der Waals surface area contributed by atoms with Gasteiger partial charge in [0, 0.05) is 42.8 Å². The summed E-state index contributed by atoms with van der Waals surface area (Å²) in [6.45, 7) is 4.40. The number of benzene rings is 1. The van der Waals surface area contributed by atoms with Crippen LogP contribution >= 0.6 is 35.0 Å². The van der Waals surface area contributed by atoms with Crippen LogP contribution in [0, 0.1) is 0 Å². The molecule has 5 rings (SSSR count). The van der Waals surface area contributed by atoms with Crippen LogP contribution in [0.1, 0.15) is 30.5 Å². The molecule has 1 amide bonds. The molecule has 1 atom stereocenters. The lowest BCUT2D eigenvalue weighted by atomic mass is 10.2. The van der Waals surface area contributed by atoms with Gasteiger partial charge in [-0.15, -0.1) is 11.8 Å².